The average molecular weight is 589 g/mol. The molecule has 2 aromatic rings. The van der Waals surface area contributed by atoms with E-state index < -0.39 is 59.3 Å². The number of aliphatic hydroxyl groups excluding tert-OH is 2. The minimum Gasteiger partial charge on any atom is -0.467 e. The van der Waals surface area contributed by atoms with Crippen LogP contribution in [0.4, 0.5) is 0 Å². The number of rotatable bonds is 11. The third-order valence-corrected chi connectivity index (χ3v) is 7.96. The van der Waals surface area contributed by atoms with Crippen LogP contribution in [-0.4, -0.2) is 92.7 Å². The lowest BCUT2D eigenvalue weighted by atomic mass is 9.73. The van der Waals surface area contributed by atoms with Gasteiger partial charge in [0.05, 0.1) is 32.4 Å². The van der Waals surface area contributed by atoms with E-state index in [0.717, 1.165) is 19.8 Å². The normalized spacial score (nSPS) is 31.5. The molecule has 1 aromatic carbocycles. The van der Waals surface area contributed by atoms with E-state index in [2.05, 4.69) is 16.5 Å². The maximum atomic E-state index is 13.3. The van der Waals surface area contributed by atoms with E-state index in [1.54, 1.807) is 0 Å². The van der Waals surface area contributed by atoms with Crippen molar-refractivity contribution in [1.29, 1.82) is 0 Å². The highest BCUT2D eigenvalue weighted by Crippen LogP contribution is 2.59. The zero-order chi connectivity index (χ0) is 30.9. The Bertz CT molecular complexity index is 1300. The highest BCUT2D eigenvalue weighted by molar-refractivity contribution is 5.95. The molecule has 2 fully saturated rings. The molecule has 2 bridgehead atoms. The van der Waals surface area contributed by atoms with Gasteiger partial charge in [-0.3, -0.25) is 4.79 Å². The van der Waals surface area contributed by atoms with Crippen LogP contribution in [0.3, 0.4) is 0 Å². The predicted octanol–water partition coefficient (Wildman–Crippen LogP) is 0.892. The summed E-state index contributed by atoms with van der Waals surface area (Å²) in [6.07, 6.45) is -3.80. The Balaban J connectivity index is 1.70. The third-order valence-electron chi connectivity index (χ3n) is 7.96. The number of methoxy groups -OCH3 is 2. The molecule has 3 heterocycles. The molecule has 2 aliphatic rings. The zero-order valence-corrected chi connectivity index (χ0v) is 23.8. The number of fused-ring (bicyclic) bond motifs is 2. The van der Waals surface area contributed by atoms with Crippen molar-refractivity contribution < 1.29 is 53.4 Å². The van der Waals surface area contributed by atoms with E-state index >= 15 is 0 Å². The van der Waals surface area contributed by atoms with Crippen molar-refractivity contribution in [3.8, 4) is 0 Å². The summed E-state index contributed by atoms with van der Waals surface area (Å²) in [7, 11) is 1.93. The fourth-order valence-electron chi connectivity index (χ4n) is 5.92. The SMILES string of the molecule is C=C(CC[C@]12O[C@H](c3cnc[nH]3)[C@@](O)(C(=O)OC)[C@](C(=O)OC)(O1)[C@H](O)[C@H]2O)[C@@H](OC(C)=O)[C@H](C)Cc1ccccc1. The van der Waals surface area contributed by atoms with E-state index in [-0.39, 0.29) is 24.5 Å². The summed E-state index contributed by atoms with van der Waals surface area (Å²) in [4.78, 5) is 45.0. The fraction of sp³-hybridized carbons (Fsp3) is 0.517. The van der Waals surface area contributed by atoms with Gasteiger partial charge in [0.25, 0.3) is 0 Å². The quantitative estimate of drug-likeness (QED) is 0.165. The Kier molecular flexibility index (Phi) is 8.90. The molecule has 0 radical (unpaired) electrons. The number of hydrogen-bond acceptors (Lipinski definition) is 12. The zero-order valence-electron chi connectivity index (χ0n) is 23.8. The minimum atomic E-state index is -3.02. The first-order chi connectivity index (χ1) is 19.9. The second-order valence-corrected chi connectivity index (χ2v) is 10.6. The summed E-state index contributed by atoms with van der Waals surface area (Å²) in [5.74, 6) is -5.61. The second kappa shape index (κ2) is 11.9. The first kappa shape index (κ1) is 31.3. The van der Waals surface area contributed by atoms with Crippen molar-refractivity contribution in [3.63, 3.8) is 0 Å². The number of carbonyl (C=O) groups is 3. The second-order valence-electron chi connectivity index (χ2n) is 10.6. The van der Waals surface area contributed by atoms with Crippen LogP contribution in [0.5, 0.6) is 0 Å². The molecular formula is C29H36N2O11. The Morgan fingerprint density at radius 3 is 2.36 bits per heavy atom. The summed E-state index contributed by atoms with van der Waals surface area (Å²) < 4.78 is 27.4. The lowest BCUT2D eigenvalue weighted by Gasteiger charge is -2.50. The minimum absolute atomic E-state index is 0.0183. The first-order valence-corrected chi connectivity index (χ1v) is 13.4. The Labute approximate surface area is 242 Å². The molecule has 228 valence electrons. The van der Waals surface area contributed by atoms with Crippen LogP contribution in [0.15, 0.2) is 55.0 Å². The smallest absolute Gasteiger partial charge is 0.345 e. The monoisotopic (exact) mass is 588 g/mol. The van der Waals surface area contributed by atoms with Crippen molar-refractivity contribution in [2.24, 2.45) is 5.92 Å². The van der Waals surface area contributed by atoms with Gasteiger partial charge >= 0.3 is 17.9 Å². The van der Waals surface area contributed by atoms with Crippen LogP contribution < -0.4 is 0 Å². The van der Waals surface area contributed by atoms with Crippen LogP contribution in [0.25, 0.3) is 0 Å². The topological polar surface area (TPSA) is 187 Å². The number of imidazole rings is 1. The molecule has 0 spiro atoms. The van der Waals surface area contributed by atoms with E-state index in [0.29, 0.717) is 12.0 Å². The van der Waals surface area contributed by atoms with Gasteiger partial charge in [-0.05, 0) is 24.0 Å². The molecule has 4 N–H and O–H groups in total. The molecule has 0 amide bonds. The van der Waals surface area contributed by atoms with E-state index in [1.165, 1.54) is 19.4 Å². The van der Waals surface area contributed by atoms with Gasteiger partial charge < -0.3 is 44.0 Å². The van der Waals surface area contributed by atoms with Gasteiger partial charge in [-0.25, -0.2) is 14.6 Å². The molecule has 0 saturated carbocycles. The molecule has 8 atom stereocenters. The lowest BCUT2D eigenvalue weighted by molar-refractivity contribution is -0.383. The highest BCUT2D eigenvalue weighted by atomic mass is 16.8. The number of nitrogens with zero attached hydrogens (tertiary/aromatic N) is 1. The Morgan fingerprint density at radius 1 is 1.12 bits per heavy atom. The predicted molar refractivity (Wildman–Crippen MR) is 143 cm³/mol. The van der Waals surface area contributed by atoms with Gasteiger partial charge in [-0.15, -0.1) is 0 Å². The summed E-state index contributed by atoms with van der Waals surface area (Å²) in [5.41, 5.74) is -4.39. The number of hydrogen-bond donors (Lipinski definition) is 4. The van der Waals surface area contributed by atoms with Crippen LogP contribution >= 0.6 is 0 Å². The van der Waals surface area contributed by atoms with E-state index in [9.17, 15) is 29.7 Å². The molecule has 13 heteroatoms. The molecule has 2 aliphatic heterocycles. The molecule has 0 aliphatic carbocycles. The molecule has 4 rings (SSSR count). The number of H-pyrrole nitrogens is 1. The summed E-state index contributed by atoms with van der Waals surface area (Å²) in [6, 6.07) is 9.61. The van der Waals surface area contributed by atoms with Crippen molar-refractivity contribution in [1.82, 2.24) is 9.97 Å². The van der Waals surface area contributed by atoms with Crippen LogP contribution in [-0.2, 0) is 44.5 Å². The van der Waals surface area contributed by atoms with Crippen LogP contribution in [0.2, 0.25) is 0 Å². The van der Waals surface area contributed by atoms with Crippen molar-refractivity contribution in [3.05, 3.63) is 66.3 Å². The largest absolute Gasteiger partial charge is 0.467 e. The van der Waals surface area contributed by atoms with Gasteiger partial charge in [0.2, 0.25) is 11.2 Å². The third kappa shape index (κ3) is 5.01. The number of nitrogens with one attached hydrogen (secondary N) is 1. The van der Waals surface area contributed by atoms with Crippen LogP contribution in [0.1, 0.15) is 44.1 Å². The van der Waals surface area contributed by atoms with Gasteiger partial charge in [0, 0.05) is 19.3 Å². The van der Waals surface area contributed by atoms with Gasteiger partial charge in [-0.2, -0.15) is 0 Å². The van der Waals surface area contributed by atoms with E-state index in [1.807, 2.05) is 37.3 Å². The Hall–Kier alpha value is -3.62. The molecule has 1 aromatic heterocycles. The summed E-state index contributed by atoms with van der Waals surface area (Å²) >= 11 is 0. The molecule has 42 heavy (non-hydrogen) atoms. The molecular weight excluding hydrogens is 552 g/mol. The standard InChI is InChI=1S/C29H36N2O11/c1-16(21(40-18(3)32)17(2)13-19-9-7-6-8-10-19)11-12-27-22(33)23(34)29(42-27,26(36)39-5)28(37,25(35)38-4)24(41-27)20-14-30-15-31-20/h6-10,14-15,17,21-24,33-34,37H,1,11-13H2,2-5H3,(H,30,31)/t17-,21-,22-,23-,24-,27+,28-,29+/m1/s1. The van der Waals surface area contributed by atoms with E-state index in [4.69, 9.17) is 23.7 Å². The fourth-order valence-corrected chi connectivity index (χ4v) is 5.92. The maximum absolute atomic E-state index is 13.3. The molecule has 2 saturated heterocycles. The summed E-state index contributed by atoms with van der Waals surface area (Å²) in [5, 5.41) is 34.5. The molecule has 0 unspecified atom stereocenters. The lowest BCUT2D eigenvalue weighted by Crippen LogP contribution is -2.74. The van der Waals surface area contributed by atoms with Gasteiger partial charge in [-0.1, -0.05) is 43.8 Å². The number of aromatic amines is 1. The van der Waals surface area contributed by atoms with Crippen molar-refractivity contribution in [2.75, 3.05) is 14.2 Å². The number of esters is 3. The molecule has 13 nitrogen and oxygen atoms in total. The van der Waals surface area contributed by atoms with Crippen molar-refractivity contribution in [2.45, 2.75) is 74.5 Å². The maximum Gasteiger partial charge on any atom is 0.345 e. The number of carbonyl (C=O) groups excluding carboxylic acids is 3. The highest BCUT2D eigenvalue weighted by Gasteiger charge is 2.84. The number of aliphatic hydroxyl groups is 3. The number of aromatic nitrogens is 2. The average Bonchev–Trinajstić information content (AvgIpc) is 3.58. The Morgan fingerprint density at radius 2 is 1.79 bits per heavy atom. The van der Waals surface area contributed by atoms with Crippen molar-refractivity contribution >= 4 is 17.9 Å². The van der Waals surface area contributed by atoms with Crippen LogP contribution in [0, 0.1) is 5.92 Å². The first-order valence-electron chi connectivity index (χ1n) is 13.4. The summed E-state index contributed by atoms with van der Waals surface area (Å²) in [6.45, 7) is 7.31. The number of ether oxygens (including phenoxy) is 5. The van der Waals surface area contributed by atoms with Gasteiger partial charge in [0.15, 0.2) is 5.79 Å². The van der Waals surface area contributed by atoms with Gasteiger partial charge in [0.1, 0.15) is 24.4 Å². The number of benzene rings is 1.